The summed E-state index contributed by atoms with van der Waals surface area (Å²) >= 11 is 3.40. The molecule has 0 radical (unpaired) electrons. The molecule has 2 rings (SSSR count). The molecule has 2 atom stereocenters. The van der Waals surface area contributed by atoms with Gasteiger partial charge in [0.15, 0.2) is 0 Å². The number of rotatable bonds is 8. The largest absolute Gasteiger partial charge is 0.450 e. The van der Waals surface area contributed by atoms with Crippen LogP contribution >= 0.6 is 15.9 Å². The van der Waals surface area contributed by atoms with Gasteiger partial charge in [-0.1, -0.05) is 35.8 Å². The highest BCUT2D eigenvalue weighted by molar-refractivity contribution is 9.10. The molecule has 1 aromatic rings. The van der Waals surface area contributed by atoms with Crippen LogP contribution in [0.1, 0.15) is 33.6 Å². The van der Waals surface area contributed by atoms with Crippen molar-refractivity contribution < 1.29 is 19.1 Å². The first kappa shape index (κ1) is 22.2. The van der Waals surface area contributed by atoms with Crippen molar-refractivity contribution in [3.05, 3.63) is 28.7 Å². The van der Waals surface area contributed by atoms with Gasteiger partial charge in [-0.2, -0.15) is 0 Å². The molecule has 0 aliphatic carbocycles. The standard InChI is InChI=1S/C20H28BrN3O4/c1-4-28-20(27)23-15(10-13(2)3)12-22-18(25)17-8-9-24(19(17)26)16-7-5-6-14(21)11-16/h5-7,11,13,15,17H,4,8-10,12H2,1-3H3,(H,22,25)(H,23,27). The summed E-state index contributed by atoms with van der Waals surface area (Å²) in [5, 5.41) is 5.60. The molecule has 0 spiro atoms. The summed E-state index contributed by atoms with van der Waals surface area (Å²) in [6.45, 7) is 6.87. The number of hydrogen-bond donors (Lipinski definition) is 2. The van der Waals surface area contributed by atoms with E-state index >= 15 is 0 Å². The van der Waals surface area contributed by atoms with E-state index < -0.39 is 12.0 Å². The van der Waals surface area contributed by atoms with Gasteiger partial charge in [0.2, 0.25) is 11.8 Å². The molecule has 1 fully saturated rings. The Balaban J connectivity index is 1.93. The molecule has 3 amide bonds. The highest BCUT2D eigenvalue weighted by atomic mass is 79.9. The van der Waals surface area contributed by atoms with Crippen LogP contribution in [-0.2, 0) is 14.3 Å². The van der Waals surface area contributed by atoms with E-state index in [0.29, 0.717) is 25.3 Å². The van der Waals surface area contributed by atoms with E-state index in [0.717, 1.165) is 10.2 Å². The number of hydrogen-bond acceptors (Lipinski definition) is 4. The van der Waals surface area contributed by atoms with E-state index in [-0.39, 0.29) is 31.0 Å². The summed E-state index contributed by atoms with van der Waals surface area (Å²) in [6, 6.07) is 7.21. The Bertz CT molecular complexity index is 710. The normalized spacial score (nSPS) is 17.5. The molecule has 1 aliphatic rings. The van der Waals surface area contributed by atoms with Gasteiger partial charge in [-0.15, -0.1) is 0 Å². The maximum Gasteiger partial charge on any atom is 0.407 e. The number of amides is 3. The lowest BCUT2D eigenvalue weighted by Crippen LogP contribution is -2.46. The van der Waals surface area contributed by atoms with Crippen molar-refractivity contribution in [1.29, 1.82) is 0 Å². The lowest BCUT2D eigenvalue weighted by molar-refractivity contribution is -0.132. The first-order chi connectivity index (χ1) is 13.3. The second-order valence-corrected chi connectivity index (χ2v) is 8.16. The molecule has 154 valence electrons. The number of alkyl carbamates (subject to hydrolysis) is 1. The molecule has 2 N–H and O–H groups in total. The van der Waals surface area contributed by atoms with Crippen LogP contribution in [0.15, 0.2) is 28.7 Å². The summed E-state index contributed by atoms with van der Waals surface area (Å²) in [7, 11) is 0. The first-order valence-corrected chi connectivity index (χ1v) is 10.4. The fourth-order valence-corrected chi connectivity index (χ4v) is 3.66. The Morgan fingerprint density at radius 3 is 2.75 bits per heavy atom. The molecule has 1 saturated heterocycles. The van der Waals surface area contributed by atoms with Crippen LogP contribution in [-0.4, -0.2) is 43.6 Å². The van der Waals surface area contributed by atoms with Crippen molar-refractivity contribution in [1.82, 2.24) is 10.6 Å². The number of carbonyl (C=O) groups is 3. The average Bonchev–Trinajstić information content (AvgIpc) is 3.00. The number of nitrogens with zero attached hydrogens (tertiary/aromatic N) is 1. The van der Waals surface area contributed by atoms with Crippen LogP contribution in [0.2, 0.25) is 0 Å². The van der Waals surface area contributed by atoms with Crippen molar-refractivity contribution >= 4 is 39.5 Å². The number of benzene rings is 1. The summed E-state index contributed by atoms with van der Waals surface area (Å²) in [4.78, 5) is 38.6. The third-order valence-corrected chi connectivity index (χ3v) is 5.01. The quantitative estimate of drug-likeness (QED) is 0.591. The molecule has 1 aliphatic heterocycles. The third-order valence-electron chi connectivity index (χ3n) is 4.52. The van der Waals surface area contributed by atoms with E-state index in [1.54, 1.807) is 11.8 Å². The fraction of sp³-hybridized carbons (Fsp3) is 0.550. The lowest BCUT2D eigenvalue weighted by atomic mass is 10.0. The Hall–Kier alpha value is -2.09. The second kappa shape index (κ2) is 10.5. The van der Waals surface area contributed by atoms with Gasteiger partial charge in [-0.3, -0.25) is 9.59 Å². The van der Waals surface area contributed by atoms with Crippen LogP contribution in [0.3, 0.4) is 0 Å². The van der Waals surface area contributed by atoms with Crippen LogP contribution in [0.25, 0.3) is 0 Å². The first-order valence-electron chi connectivity index (χ1n) is 9.59. The van der Waals surface area contributed by atoms with Gasteiger partial charge in [0.05, 0.1) is 6.61 Å². The van der Waals surface area contributed by atoms with Crippen molar-refractivity contribution in [3.63, 3.8) is 0 Å². The SMILES string of the molecule is CCOC(=O)NC(CNC(=O)C1CCN(c2cccc(Br)c2)C1=O)CC(C)C. The van der Waals surface area contributed by atoms with Crippen molar-refractivity contribution in [2.24, 2.45) is 11.8 Å². The van der Waals surface area contributed by atoms with Gasteiger partial charge in [0, 0.05) is 29.3 Å². The molecule has 2 unspecified atom stereocenters. The molecular weight excluding hydrogens is 426 g/mol. The predicted molar refractivity (Wildman–Crippen MR) is 111 cm³/mol. The van der Waals surface area contributed by atoms with Gasteiger partial charge in [-0.25, -0.2) is 4.79 Å². The van der Waals surface area contributed by atoms with Crippen LogP contribution in [0, 0.1) is 11.8 Å². The molecule has 8 heteroatoms. The van der Waals surface area contributed by atoms with Gasteiger partial charge in [0.25, 0.3) is 0 Å². The number of nitrogens with one attached hydrogen (secondary N) is 2. The predicted octanol–water partition coefficient (Wildman–Crippen LogP) is 3.08. The van der Waals surface area contributed by atoms with Gasteiger partial charge < -0.3 is 20.3 Å². The Labute approximate surface area is 174 Å². The van der Waals surface area contributed by atoms with Gasteiger partial charge >= 0.3 is 6.09 Å². The number of ether oxygens (including phenoxy) is 1. The zero-order valence-electron chi connectivity index (χ0n) is 16.5. The molecule has 28 heavy (non-hydrogen) atoms. The molecule has 1 aromatic carbocycles. The Kier molecular flexibility index (Phi) is 8.29. The van der Waals surface area contributed by atoms with E-state index in [1.165, 1.54) is 0 Å². The summed E-state index contributed by atoms with van der Waals surface area (Å²) in [6.07, 6.45) is 0.666. The van der Waals surface area contributed by atoms with E-state index in [1.807, 2.05) is 38.1 Å². The fourth-order valence-electron chi connectivity index (χ4n) is 3.27. The number of anilines is 1. The van der Waals surface area contributed by atoms with Crippen molar-refractivity contribution in [2.45, 2.75) is 39.7 Å². The zero-order valence-corrected chi connectivity index (χ0v) is 18.1. The third kappa shape index (κ3) is 6.22. The molecule has 7 nitrogen and oxygen atoms in total. The minimum absolute atomic E-state index is 0.200. The van der Waals surface area contributed by atoms with Crippen LogP contribution in [0.4, 0.5) is 10.5 Å². The molecule has 0 bridgehead atoms. The maximum atomic E-state index is 12.7. The zero-order chi connectivity index (χ0) is 20.7. The van der Waals surface area contributed by atoms with Crippen LogP contribution in [0.5, 0.6) is 0 Å². The summed E-state index contributed by atoms with van der Waals surface area (Å²) < 4.78 is 5.80. The van der Waals surface area contributed by atoms with Crippen LogP contribution < -0.4 is 15.5 Å². The van der Waals surface area contributed by atoms with Gasteiger partial charge in [-0.05, 0) is 43.9 Å². The summed E-state index contributed by atoms with van der Waals surface area (Å²) in [5.41, 5.74) is 0.774. The van der Waals surface area contributed by atoms with E-state index in [2.05, 4.69) is 26.6 Å². The molecular formula is C20H28BrN3O4. The minimum atomic E-state index is -0.707. The second-order valence-electron chi connectivity index (χ2n) is 7.25. The molecule has 1 heterocycles. The maximum absolute atomic E-state index is 12.7. The van der Waals surface area contributed by atoms with E-state index in [4.69, 9.17) is 4.74 Å². The Morgan fingerprint density at radius 2 is 2.11 bits per heavy atom. The minimum Gasteiger partial charge on any atom is -0.450 e. The lowest BCUT2D eigenvalue weighted by Gasteiger charge is -2.22. The average molecular weight is 454 g/mol. The van der Waals surface area contributed by atoms with Crippen molar-refractivity contribution in [3.8, 4) is 0 Å². The highest BCUT2D eigenvalue weighted by Gasteiger charge is 2.37. The number of halogens is 1. The number of carbonyl (C=O) groups excluding carboxylic acids is 3. The van der Waals surface area contributed by atoms with Crippen molar-refractivity contribution in [2.75, 3.05) is 24.6 Å². The molecule has 0 saturated carbocycles. The summed E-state index contributed by atoms with van der Waals surface area (Å²) in [5.74, 6) is -0.874. The smallest absolute Gasteiger partial charge is 0.407 e. The monoisotopic (exact) mass is 453 g/mol. The molecule has 0 aromatic heterocycles. The van der Waals surface area contributed by atoms with E-state index in [9.17, 15) is 14.4 Å². The Morgan fingerprint density at radius 1 is 1.36 bits per heavy atom. The highest BCUT2D eigenvalue weighted by Crippen LogP contribution is 2.27. The topological polar surface area (TPSA) is 87.7 Å². The van der Waals surface area contributed by atoms with Gasteiger partial charge in [0.1, 0.15) is 5.92 Å².